The molecule has 0 saturated heterocycles. The second-order valence-corrected chi connectivity index (χ2v) is 6.03. The van der Waals surface area contributed by atoms with E-state index in [9.17, 15) is 22.4 Å². The van der Waals surface area contributed by atoms with Crippen molar-refractivity contribution >= 4 is 27.6 Å². The molecule has 0 aliphatic carbocycles. The molecule has 1 aromatic rings. The van der Waals surface area contributed by atoms with Gasteiger partial charge in [-0.1, -0.05) is 0 Å². The number of carbonyl (C=O) groups excluding carboxylic acids is 1. The van der Waals surface area contributed by atoms with Crippen molar-refractivity contribution in [2.45, 2.75) is 6.92 Å². The number of nitrogens with one attached hydrogen (secondary N) is 1. The molecular formula is C12H15FN2O5S. The summed E-state index contributed by atoms with van der Waals surface area (Å²) < 4.78 is 37.7. The number of carboxylic acid groups (broad SMARTS) is 1. The maximum atomic E-state index is 13.5. The van der Waals surface area contributed by atoms with Crippen LogP contribution in [0.2, 0.25) is 0 Å². The van der Waals surface area contributed by atoms with E-state index in [4.69, 9.17) is 5.11 Å². The summed E-state index contributed by atoms with van der Waals surface area (Å²) in [7, 11) is -3.70. The molecule has 0 aliphatic rings. The Morgan fingerprint density at radius 2 is 2.00 bits per heavy atom. The largest absolute Gasteiger partial charge is 0.480 e. The lowest BCUT2D eigenvalue weighted by molar-refractivity contribution is -0.137. The van der Waals surface area contributed by atoms with E-state index in [1.165, 1.54) is 0 Å². The average molecular weight is 318 g/mol. The summed E-state index contributed by atoms with van der Waals surface area (Å²) in [6.07, 6.45) is 0.851. The first-order valence-electron chi connectivity index (χ1n) is 5.92. The van der Waals surface area contributed by atoms with E-state index in [-0.39, 0.29) is 17.8 Å². The van der Waals surface area contributed by atoms with E-state index in [1.54, 1.807) is 6.92 Å². The summed E-state index contributed by atoms with van der Waals surface area (Å²) in [6, 6.07) is 3.13. The molecule has 2 N–H and O–H groups in total. The number of halogens is 1. The Bertz CT molecular complexity index is 660. The van der Waals surface area contributed by atoms with Gasteiger partial charge in [0.05, 0.1) is 11.9 Å². The topological polar surface area (TPSA) is 104 Å². The third-order valence-electron chi connectivity index (χ3n) is 2.50. The summed E-state index contributed by atoms with van der Waals surface area (Å²) >= 11 is 0. The maximum absolute atomic E-state index is 13.5. The van der Waals surface area contributed by atoms with Crippen LogP contribution >= 0.6 is 0 Å². The highest BCUT2D eigenvalue weighted by Gasteiger charge is 2.19. The van der Waals surface area contributed by atoms with Gasteiger partial charge < -0.3 is 10.0 Å². The van der Waals surface area contributed by atoms with Gasteiger partial charge >= 0.3 is 5.97 Å². The molecule has 0 unspecified atom stereocenters. The van der Waals surface area contributed by atoms with Gasteiger partial charge in [-0.3, -0.25) is 14.3 Å². The molecule has 0 fully saturated rings. The van der Waals surface area contributed by atoms with Gasteiger partial charge in [0.1, 0.15) is 12.4 Å². The molecule has 0 saturated carbocycles. The molecule has 9 heteroatoms. The lowest BCUT2D eigenvalue weighted by Crippen LogP contribution is -2.35. The summed E-state index contributed by atoms with van der Waals surface area (Å²) in [5.74, 6) is -2.64. The minimum absolute atomic E-state index is 0.00866. The van der Waals surface area contributed by atoms with Crippen LogP contribution in [0.25, 0.3) is 0 Å². The highest BCUT2D eigenvalue weighted by Crippen LogP contribution is 2.18. The zero-order valence-electron chi connectivity index (χ0n) is 11.5. The summed E-state index contributed by atoms with van der Waals surface area (Å²) in [6.45, 7) is 1.25. The van der Waals surface area contributed by atoms with Gasteiger partial charge in [0.25, 0.3) is 5.91 Å². The molecule has 0 spiro atoms. The highest BCUT2D eigenvalue weighted by molar-refractivity contribution is 7.92. The molecule has 0 heterocycles. The number of carboxylic acids is 1. The molecule has 1 amide bonds. The third-order valence-corrected chi connectivity index (χ3v) is 3.09. The molecular weight excluding hydrogens is 303 g/mol. The Morgan fingerprint density at radius 3 is 2.48 bits per heavy atom. The third kappa shape index (κ3) is 5.03. The standard InChI is InChI=1S/C12H15FN2O5S/c1-3-15(7-11(16)17)12(18)8-4-5-9(13)10(6-8)14-21(2,19)20/h4-6,14H,3,7H2,1-2H3,(H,16,17). The molecule has 0 atom stereocenters. The summed E-state index contributed by atoms with van der Waals surface area (Å²) in [5, 5.41) is 8.72. The van der Waals surface area contributed by atoms with Gasteiger partial charge in [-0.2, -0.15) is 0 Å². The van der Waals surface area contributed by atoms with Crippen molar-refractivity contribution in [2.24, 2.45) is 0 Å². The number of likely N-dealkylation sites (N-methyl/N-ethyl adjacent to an activating group) is 1. The molecule has 7 nitrogen and oxygen atoms in total. The predicted octanol–water partition coefficient (Wildman–Crippen LogP) is 0.744. The van der Waals surface area contributed by atoms with Crippen LogP contribution in [0.5, 0.6) is 0 Å². The van der Waals surface area contributed by atoms with Crippen LogP contribution in [0.3, 0.4) is 0 Å². The van der Waals surface area contributed by atoms with Crippen molar-refractivity contribution in [1.29, 1.82) is 0 Å². The van der Waals surface area contributed by atoms with Crippen LogP contribution in [0, 0.1) is 5.82 Å². The first kappa shape index (κ1) is 16.9. The van der Waals surface area contributed by atoms with Crippen molar-refractivity contribution in [3.63, 3.8) is 0 Å². The van der Waals surface area contributed by atoms with Gasteiger partial charge in [-0.05, 0) is 25.1 Å². The van der Waals surface area contributed by atoms with Crippen molar-refractivity contribution in [3.05, 3.63) is 29.6 Å². The maximum Gasteiger partial charge on any atom is 0.323 e. The second kappa shape index (κ2) is 6.53. The zero-order chi connectivity index (χ0) is 16.2. The number of hydrogen-bond acceptors (Lipinski definition) is 4. The van der Waals surface area contributed by atoms with Crippen molar-refractivity contribution in [1.82, 2.24) is 4.90 Å². The van der Waals surface area contributed by atoms with E-state index >= 15 is 0 Å². The number of rotatable bonds is 6. The number of hydrogen-bond donors (Lipinski definition) is 2. The monoisotopic (exact) mass is 318 g/mol. The normalized spacial score (nSPS) is 11.0. The van der Waals surface area contributed by atoms with E-state index in [2.05, 4.69) is 0 Å². The SMILES string of the molecule is CCN(CC(=O)O)C(=O)c1ccc(F)c(NS(C)(=O)=O)c1. The minimum atomic E-state index is -3.70. The molecule has 1 aromatic carbocycles. The van der Waals surface area contributed by atoms with Gasteiger partial charge in [0.2, 0.25) is 10.0 Å². The number of benzene rings is 1. The molecule has 0 bridgehead atoms. The molecule has 0 aliphatic heterocycles. The first-order chi connectivity index (χ1) is 9.64. The Labute approximate surface area is 121 Å². The highest BCUT2D eigenvalue weighted by atomic mass is 32.2. The lowest BCUT2D eigenvalue weighted by atomic mass is 10.1. The van der Waals surface area contributed by atoms with Crippen molar-refractivity contribution in [3.8, 4) is 0 Å². The molecule has 0 radical (unpaired) electrons. The van der Waals surface area contributed by atoms with Crippen LogP contribution in [0.1, 0.15) is 17.3 Å². The summed E-state index contributed by atoms with van der Waals surface area (Å²) in [4.78, 5) is 23.8. The fourth-order valence-electron chi connectivity index (χ4n) is 1.61. The van der Waals surface area contributed by atoms with Crippen LogP contribution in [0.15, 0.2) is 18.2 Å². The van der Waals surface area contributed by atoms with Crippen molar-refractivity contribution in [2.75, 3.05) is 24.1 Å². The Hall–Kier alpha value is -2.16. The van der Waals surface area contributed by atoms with E-state index < -0.39 is 34.3 Å². The van der Waals surface area contributed by atoms with Crippen LogP contribution in [0.4, 0.5) is 10.1 Å². The number of nitrogens with zero attached hydrogens (tertiary/aromatic N) is 1. The molecule has 0 aromatic heterocycles. The van der Waals surface area contributed by atoms with E-state index in [0.717, 1.165) is 29.4 Å². The smallest absolute Gasteiger partial charge is 0.323 e. The van der Waals surface area contributed by atoms with Gasteiger partial charge in [0, 0.05) is 12.1 Å². The van der Waals surface area contributed by atoms with Crippen LogP contribution < -0.4 is 4.72 Å². The predicted molar refractivity (Wildman–Crippen MR) is 74.1 cm³/mol. The number of anilines is 1. The van der Waals surface area contributed by atoms with Crippen LogP contribution in [-0.4, -0.2) is 49.6 Å². The fourth-order valence-corrected chi connectivity index (χ4v) is 2.17. The zero-order valence-corrected chi connectivity index (χ0v) is 12.3. The number of aliphatic carboxylic acids is 1. The van der Waals surface area contributed by atoms with Gasteiger partial charge in [-0.25, -0.2) is 12.8 Å². The Morgan fingerprint density at radius 1 is 1.38 bits per heavy atom. The number of sulfonamides is 1. The Kier molecular flexibility index (Phi) is 5.25. The minimum Gasteiger partial charge on any atom is -0.480 e. The van der Waals surface area contributed by atoms with Gasteiger partial charge in [-0.15, -0.1) is 0 Å². The van der Waals surface area contributed by atoms with E-state index in [0.29, 0.717) is 0 Å². The second-order valence-electron chi connectivity index (χ2n) is 4.28. The number of carbonyl (C=O) groups is 2. The molecule has 21 heavy (non-hydrogen) atoms. The quantitative estimate of drug-likeness (QED) is 0.805. The van der Waals surface area contributed by atoms with Crippen LogP contribution in [-0.2, 0) is 14.8 Å². The average Bonchev–Trinajstić information content (AvgIpc) is 2.36. The first-order valence-corrected chi connectivity index (χ1v) is 7.81. The molecule has 1 rings (SSSR count). The number of amides is 1. The Balaban J connectivity index is 3.10. The fraction of sp³-hybridized carbons (Fsp3) is 0.333. The van der Waals surface area contributed by atoms with Gasteiger partial charge in [0.15, 0.2) is 0 Å². The van der Waals surface area contributed by atoms with Crippen molar-refractivity contribution < 1.29 is 27.5 Å². The lowest BCUT2D eigenvalue weighted by Gasteiger charge is -2.19. The summed E-state index contributed by atoms with van der Waals surface area (Å²) in [5.41, 5.74) is -0.375. The van der Waals surface area contributed by atoms with E-state index in [1.807, 2.05) is 4.72 Å². The molecule has 116 valence electrons.